The summed E-state index contributed by atoms with van der Waals surface area (Å²) in [6, 6.07) is 1.99. The first-order valence-corrected chi connectivity index (χ1v) is 3.47. The molecule has 0 aliphatic rings. The number of nitriles is 1. The highest BCUT2D eigenvalue weighted by atomic mass is 35.5. The summed E-state index contributed by atoms with van der Waals surface area (Å²) in [5.41, 5.74) is 5.86. The van der Waals surface area contributed by atoms with E-state index < -0.39 is 0 Å². The number of nitrogens with two attached hydrogens (primary N) is 1. The molecule has 0 saturated carbocycles. The summed E-state index contributed by atoms with van der Waals surface area (Å²) in [5, 5.41) is 12.5. The molecule has 1 rings (SSSR count). The quantitative estimate of drug-likeness (QED) is 0.721. The molecule has 0 radical (unpaired) electrons. The fourth-order valence-corrected chi connectivity index (χ4v) is 0.874. The van der Waals surface area contributed by atoms with Gasteiger partial charge in [-0.05, 0) is 0 Å². The van der Waals surface area contributed by atoms with Crippen LogP contribution in [0.5, 0.6) is 0 Å². The SMILES string of the molecule is N#CCCn1ncc(N)c1Cl. The van der Waals surface area contributed by atoms with Crippen LogP contribution in [0.4, 0.5) is 5.69 Å². The number of nitrogen functional groups attached to an aromatic ring is 1. The molecule has 11 heavy (non-hydrogen) atoms. The lowest BCUT2D eigenvalue weighted by atomic mass is 10.5. The summed E-state index contributed by atoms with van der Waals surface area (Å²) < 4.78 is 1.50. The molecule has 0 atom stereocenters. The molecule has 5 heteroatoms. The van der Waals surface area contributed by atoms with Crippen LogP contribution in [-0.2, 0) is 6.54 Å². The van der Waals surface area contributed by atoms with Crippen molar-refractivity contribution in [2.75, 3.05) is 5.73 Å². The second-order valence-electron chi connectivity index (χ2n) is 2.02. The third-order valence-corrected chi connectivity index (χ3v) is 1.65. The lowest BCUT2D eigenvalue weighted by Gasteiger charge is -1.96. The zero-order chi connectivity index (χ0) is 8.27. The van der Waals surface area contributed by atoms with Gasteiger partial charge in [-0.2, -0.15) is 10.4 Å². The Bertz CT molecular complexity index is 285. The van der Waals surface area contributed by atoms with E-state index in [2.05, 4.69) is 5.10 Å². The molecule has 1 aromatic heterocycles. The van der Waals surface area contributed by atoms with Crippen molar-refractivity contribution in [1.29, 1.82) is 5.26 Å². The van der Waals surface area contributed by atoms with Crippen LogP contribution >= 0.6 is 11.6 Å². The predicted octanol–water partition coefficient (Wildman–Crippen LogP) is 1.03. The van der Waals surface area contributed by atoms with Crippen LogP contribution in [0.25, 0.3) is 0 Å². The molecular weight excluding hydrogens is 164 g/mol. The molecule has 2 N–H and O–H groups in total. The molecule has 58 valence electrons. The molecule has 4 nitrogen and oxygen atoms in total. The van der Waals surface area contributed by atoms with E-state index in [9.17, 15) is 0 Å². The molecule has 0 aromatic carbocycles. The number of halogens is 1. The van der Waals surface area contributed by atoms with Gasteiger partial charge in [0.25, 0.3) is 0 Å². The number of aryl methyl sites for hydroxylation is 1. The maximum Gasteiger partial charge on any atom is 0.150 e. The molecule has 0 saturated heterocycles. The number of hydrogen-bond donors (Lipinski definition) is 1. The lowest BCUT2D eigenvalue weighted by molar-refractivity contribution is 0.629. The Balaban J connectivity index is 2.72. The molecule has 1 aromatic rings. The highest BCUT2D eigenvalue weighted by molar-refractivity contribution is 6.31. The number of hydrogen-bond acceptors (Lipinski definition) is 3. The van der Waals surface area contributed by atoms with Crippen LogP contribution < -0.4 is 5.73 Å². The second-order valence-corrected chi connectivity index (χ2v) is 2.38. The van der Waals surface area contributed by atoms with E-state index >= 15 is 0 Å². The van der Waals surface area contributed by atoms with Crippen LogP contribution in [0, 0.1) is 11.3 Å². The van der Waals surface area contributed by atoms with Gasteiger partial charge >= 0.3 is 0 Å². The van der Waals surface area contributed by atoms with Gasteiger partial charge in [0.15, 0.2) is 0 Å². The number of nitrogens with zero attached hydrogens (tertiary/aromatic N) is 3. The van der Waals surface area contributed by atoms with Gasteiger partial charge in [-0.1, -0.05) is 11.6 Å². The number of rotatable bonds is 2. The third-order valence-electron chi connectivity index (χ3n) is 1.24. The fourth-order valence-electron chi connectivity index (χ4n) is 0.697. The Morgan fingerprint density at radius 2 is 2.55 bits per heavy atom. The molecule has 0 amide bonds. The Kier molecular flexibility index (Phi) is 2.34. The number of aromatic nitrogens is 2. The first kappa shape index (κ1) is 7.89. The average Bonchev–Trinajstić information content (AvgIpc) is 2.31. The van der Waals surface area contributed by atoms with Crippen molar-refractivity contribution in [2.45, 2.75) is 13.0 Å². The molecule has 0 spiro atoms. The Morgan fingerprint density at radius 3 is 3.00 bits per heavy atom. The van der Waals surface area contributed by atoms with Crippen LogP contribution in [0.3, 0.4) is 0 Å². The minimum absolute atomic E-state index is 0.390. The van der Waals surface area contributed by atoms with Gasteiger partial charge in [-0.3, -0.25) is 4.68 Å². The normalized spacial score (nSPS) is 9.45. The molecule has 0 aliphatic carbocycles. The maximum absolute atomic E-state index is 8.26. The van der Waals surface area contributed by atoms with Crippen LogP contribution in [0.2, 0.25) is 5.15 Å². The molecule has 0 aliphatic heterocycles. The van der Waals surface area contributed by atoms with Gasteiger partial charge in [-0.15, -0.1) is 0 Å². The minimum Gasteiger partial charge on any atom is -0.395 e. The Labute approximate surface area is 69.2 Å². The van der Waals surface area contributed by atoms with Crippen molar-refractivity contribution < 1.29 is 0 Å². The first-order chi connectivity index (χ1) is 5.25. The highest BCUT2D eigenvalue weighted by Gasteiger charge is 2.02. The summed E-state index contributed by atoms with van der Waals surface area (Å²) in [6.45, 7) is 0.493. The Hall–Kier alpha value is -1.21. The smallest absolute Gasteiger partial charge is 0.150 e. The first-order valence-electron chi connectivity index (χ1n) is 3.09. The van der Waals surface area contributed by atoms with Crippen molar-refractivity contribution in [3.05, 3.63) is 11.3 Å². The predicted molar refractivity (Wildman–Crippen MR) is 41.9 cm³/mol. The standard InChI is InChI=1S/C6H7ClN4/c7-6-5(9)4-10-11(6)3-1-2-8/h4H,1,3,9H2. The van der Waals surface area contributed by atoms with Crippen molar-refractivity contribution in [3.8, 4) is 6.07 Å². The summed E-state index contributed by atoms with van der Waals surface area (Å²) in [7, 11) is 0. The summed E-state index contributed by atoms with van der Waals surface area (Å²) in [5.74, 6) is 0. The van der Waals surface area contributed by atoms with Crippen LogP contribution in [0.15, 0.2) is 6.20 Å². The average molecular weight is 171 g/mol. The number of anilines is 1. The van der Waals surface area contributed by atoms with Crippen LogP contribution in [0.1, 0.15) is 6.42 Å². The zero-order valence-electron chi connectivity index (χ0n) is 5.79. The van der Waals surface area contributed by atoms with Gasteiger partial charge in [0.05, 0.1) is 30.9 Å². The van der Waals surface area contributed by atoms with Crippen molar-refractivity contribution in [3.63, 3.8) is 0 Å². The van der Waals surface area contributed by atoms with E-state index in [0.717, 1.165) is 0 Å². The summed E-state index contributed by atoms with van der Waals surface area (Å²) in [6.07, 6.45) is 1.86. The van der Waals surface area contributed by atoms with E-state index in [-0.39, 0.29) is 0 Å². The van der Waals surface area contributed by atoms with Gasteiger partial charge in [0.1, 0.15) is 5.15 Å². The molecule has 0 fully saturated rings. The minimum atomic E-state index is 0.390. The molecule has 0 bridgehead atoms. The highest BCUT2D eigenvalue weighted by Crippen LogP contribution is 2.16. The summed E-state index contributed by atoms with van der Waals surface area (Å²) >= 11 is 5.71. The van der Waals surface area contributed by atoms with Gasteiger partial charge in [-0.25, -0.2) is 0 Å². The topological polar surface area (TPSA) is 67.6 Å². The van der Waals surface area contributed by atoms with E-state index in [1.165, 1.54) is 10.9 Å². The van der Waals surface area contributed by atoms with E-state index in [0.29, 0.717) is 23.8 Å². The second kappa shape index (κ2) is 3.26. The molecule has 0 unspecified atom stereocenters. The van der Waals surface area contributed by atoms with Crippen molar-refractivity contribution in [1.82, 2.24) is 9.78 Å². The monoisotopic (exact) mass is 170 g/mol. The van der Waals surface area contributed by atoms with E-state index in [4.69, 9.17) is 22.6 Å². The molecular formula is C6H7ClN4. The van der Waals surface area contributed by atoms with Crippen molar-refractivity contribution in [2.24, 2.45) is 0 Å². The Morgan fingerprint density at radius 1 is 1.82 bits per heavy atom. The van der Waals surface area contributed by atoms with E-state index in [1.807, 2.05) is 6.07 Å². The maximum atomic E-state index is 8.26. The van der Waals surface area contributed by atoms with Crippen LogP contribution in [-0.4, -0.2) is 9.78 Å². The lowest BCUT2D eigenvalue weighted by Crippen LogP contribution is -1.99. The van der Waals surface area contributed by atoms with Gasteiger partial charge < -0.3 is 5.73 Å². The van der Waals surface area contributed by atoms with Gasteiger partial charge in [0, 0.05) is 0 Å². The third kappa shape index (κ3) is 1.63. The fraction of sp³-hybridized carbons (Fsp3) is 0.333. The van der Waals surface area contributed by atoms with Gasteiger partial charge in [0.2, 0.25) is 0 Å². The van der Waals surface area contributed by atoms with Crippen molar-refractivity contribution >= 4 is 17.3 Å². The zero-order valence-corrected chi connectivity index (χ0v) is 6.54. The van der Waals surface area contributed by atoms with E-state index in [1.54, 1.807) is 0 Å². The molecule has 1 heterocycles. The summed E-state index contributed by atoms with van der Waals surface area (Å²) in [4.78, 5) is 0. The largest absolute Gasteiger partial charge is 0.395 e.